The third kappa shape index (κ3) is 3.26. The lowest BCUT2D eigenvalue weighted by atomic mass is 9.80. The summed E-state index contributed by atoms with van der Waals surface area (Å²) in [5.41, 5.74) is 2.65. The number of ether oxygens (including phenoxy) is 2. The first kappa shape index (κ1) is 15.5. The van der Waals surface area contributed by atoms with Gasteiger partial charge in [0.15, 0.2) is 0 Å². The van der Waals surface area contributed by atoms with Crippen LogP contribution in [-0.4, -0.2) is 25.2 Å². The highest BCUT2D eigenvalue weighted by molar-refractivity contribution is 5.92. The zero-order valence-electron chi connectivity index (χ0n) is 12.8. The lowest BCUT2D eigenvalue weighted by molar-refractivity contribution is -0.147. The first-order chi connectivity index (χ1) is 9.93. The van der Waals surface area contributed by atoms with Gasteiger partial charge in [-0.3, -0.25) is 4.79 Å². The predicted molar refractivity (Wildman–Crippen MR) is 79.4 cm³/mol. The molecule has 0 aromatic heterocycles. The molecular weight excluding hydrogens is 268 g/mol. The summed E-state index contributed by atoms with van der Waals surface area (Å²) in [7, 11) is 1.37. The smallest absolute Gasteiger partial charge is 0.334 e. The average Bonchev–Trinajstić information content (AvgIpc) is 2.70. The van der Waals surface area contributed by atoms with E-state index in [0.717, 1.165) is 18.4 Å². The fraction of sp³-hybridized carbons (Fsp3) is 0.529. The number of hydrogen-bond donors (Lipinski definition) is 0. The van der Waals surface area contributed by atoms with Crippen molar-refractivity contribution in [3.05, 3.63) is 35.5 Å². The quantitative estimate of drug-likeness (QED) is 0.423. The van der Waals surface area contributed by atoms with E-state index >= 15 is 0 Å². The monoisotopic (exact) mass is 290 g/mol. The third-order valence-corrected chi connectivity index (χ3v) is 4.20. The molecule has 1 heterocycles. The molecule has 0 aromatic carbocycles. The highest BCUT2D eigenvalue weighted by atomic mass is 16.6. The maximum Gasteiger partial charge on any atom is 0.334 e. The Bertz CT molecular complexity index is 527. The molecule has 0 unspecified atom stereocenters. The molecule has 0 spiro atoms. The molecule has 1 aliphatic carbocycles. The van der Waals surface area contributed by atoms with Gasteiger partial charge in [0, 0.05) is 17.9 Å². The number of allylic oxidation sites excluding steroid dienone is 2. The summed E-state index contributed by atoms with van der Waals surface area (Å²) < 4.78 is 10.3. The fourth-order valence-corrected chi connectivity index (χ4v) is 3.05. The molecule has 4 nitrogen and oxygen atoms in total. The molecule has 0 radical (unpaired) electrons. The van der Waals surface area contributed by atoms with E-state index in [1.165, 1.54) is 12.7 Å². The maximum atomic E-state index is 12.2. The largest absolute Gasteiger partial charge is 0.469 e. The van der Waals surface area contributed by atoms with E-state index < -0.39 is 11.9 Å². The van der Waals surface area contributed by atoms with Crippen LogP contribution in [-0.2, 0) is 19.1 Å². The zero-order chi connectivity index (χ0) is 15.6. The van der Waals surface area contributed by atoms with E-state index in [-0.39, 0.29) is 18.0 Å². The Hall–Kier alpha value is -1.84. The van der Waals surface area contributed by atoms with Gasteiger partial charge in [-0.2, -0.15) is 0 Å². The molecule has 0 bridgehead atoms. The van der Waals surface area contributed by atoms with E-state index in [2.05, 4.69) is 12.7 Å². The molecule has 4 heteroatoms. The molecule has 3 atom stereocenters. The van der Waals surface area contributed by atoms with E-state index in [4.69, 9.17) is 9.47 Å². The van der Waals surface area contributed by atoms with Crippen molar-refractivity contribution in [2.24, 2.45) is 11.8 Å². The summed E-state index contributed by atoms with van der Waals surface area (Å²) in [5, 5.41) is 0. The summed E-state index contributed by atoms with van der Waals surface area (Å²) in [6.07, 6.45) is 6.19. The van der Waals surface area contributed by atoms with Crippen LogP contribution < -0.4 is 0 Å². The lowest BCUT2D eigenvalue weighted by Crippen LogP contribution is -2.31. The summed E-state index contributed by atoms with van der Waals surface area (Å²) in [6.45, 7) is 7.86. The van der Waals surface area contributed by atoms with E-state index in [0.29, 0.717) is 12.0 Å². The van der Waals surface area contributed by atoms with Crippen molar-refractivity contribution in [2.45, 2.75) is 39.2 Å². The topological polar surface area (TPSA) is 52.6 Å². The number of rotatable bonds is 1. The fourth-order valence-electron chi connectivity index (χ4n) is 3.05. The summed E-state index contributed by atoms with van der Waals surface area (Å²) in [4.78, 5) is 24.0. The second-order valence-electron chi connectivity index (χ2n) is 5.85. The Balaban J connectivity index is 2.44. The van der Waals surface area contributed by atoms with Gasteiger partial charge in [0.1, 0.15) is 6.10 Å². The number of carbonyl (C=O) groups excluding carboxylic acids is 2. The molecular formula is C17H22O4. The van der Waals surface area contributed by atoms with Crippen molar-refractivity contribution >= 4 is 11.9 Å². The van der Waals surface area contributed by atoms with Crippen LogP contribution in [0.15, 0.2) is 35.5 Å². The van der Waals surface area contributed by atoms with Gasteiger partial charge in [0.25, 0.3) is 0 Å². The zero-order valence-corrected chi connectivity index (χ0v) is 12.8. The first-order valence-electron chi connectivity index (χ1n) is 7.24. The lowest BCUT2D eigenvalue weighted by Gasteiger charge is -2.24. The van der Waals surface area contributed by atoms with Gasteiger partial charge in [0.2, 0.25) is 0 Å². The van der Waals surface area contributed by atoms with Gasteiger partial charge in [-0.1, -0.05) is 29.9 Å². The van der Waals surface area contributed by atoms with Crippen molar-refractivity contribution in [3.63, 3.8) is 0 Å². The minimum Gasteiger partial charge on any atom is -0.469 e. The third-order valence-electron chi connectivity index (χ3n) is 4.20. The van der Waals surface area contributed by atoms with Crippen LogP contribution in [0.5, 0.6) is 0 Å². The van der Waals surface area contributed by atoms with Crippen molar-refractivity contribution in [1.82, 2.24) is 0 Å². The number of methoxy groups -OCH3 is 1. The van der Waals surface area contributed by atoms with Gasteiger partial charge in [-0.05, 0) is 26.7 Å². The van der Waals surface area contributed by atoms with Crippen molar-refractivity contribution in [3.8, 4) is 0 Å². The van der Waals surface area contributed by atoms with Crippen LogP contribution >= 0.6 is 0 Å². The Kier molecular flexibility index (Phi) is 4.66. The van der Waals surface area contributed by atoms with Crippen molar-refractivity contribution in [2.75, 3.05) is 7.11 Å². The molecule has 2 aliphatic rings. The van der Waals surface area contributed by atoms with Crippen molar-refractivity contribution in [1.29, 1.82) is 0 Å². The second kappa shape index (κ2) is 6.29. The molecule has 0 N–H and O–H groups in total. The maximum absolute atomic E-state index is 12.2. The molecule has 114 valence electrons. The normalized spacial score (nSPS) is 34.9. The van der Waals surface area contributed by atoms with Crippen LogP contribution in [0.2, 0.25) is 0 Å². The van der Waals surface area contributed by atoms with Gasteiger partial charge in [-0.15, -0.1) is 0 Å². The molecule has 0 amide bonds. The van der Waals surface area contributed by atoms with E-state index in [9.17, 15) is 9.59 Å². The minimum absolute atomic E-state index is 0.340. The standard InChI is InChI=1S/C17H22O4/c1-10-6-5-7-11(2)9-14-15(12(3)16(18)21-14)13(8-10)17(19)20-4/h7-8,13-15H,3,5-6,9H2,1-2,4H3/b10-8+,11-7-/t13-,14+,15+/m1/s1. The Morgan fingerprint density at radius 3 is 2.76 bits per heavy atom. The average molecular weight is 290 g/mol. The molecule has 1 aliphatic heterocycles. The molecule has 1 fully saturated rings. The number of carbonyl (C=O) groups is 2. The second-order valence-corrected chi connectivity index (χ2v) is 5.85. The van der Waals surface area contributed by atoms with Crippen LogP contribution in [0, 0.1) is 11.8 Å². The molecule has 1 saturated heterocycles. The highest BCUT2D eigenvalue weighted by Crippen LogP contribution is 2.38. The Morgan fingerprint density at radius 2 is 2.10 bits per heavy atom. The number of hydrogen-bond acceptors (Lipinski definition) is 4. The number of esters is 2. The van der Waals surface area contributed by atoms with Crippen LogP contribution in [0.3, 0.4) is 0 Å². The van der Waals surface area contributed by atoms with Gasteiger partial charge in [0.05, 0.1) is 13.0 Å². The SMILES string of the molecule is C=C1C(=O)O[C@H]2C/C(C)=C\CC/C(C)=C/[C@@H](C(=O)OC)[C@H]12. The van der Waals surface area contributed by atoms with Gasteiger partial charge in [-0.25, -0.2) is 4.79 Å². The predicted octanol–water partition coefficient (Wildman–Crippen LogP) is 2.95. The Labute approximate surface area is 125 Å². The minimum atomic E-state index is -0.509. The van der Waals surface area contributed by atoms with Crippen LogP contribution in [0.1, 0.15) is 33.1 Å². The molecule has 21 heavy (non-hydrogen) atoms. The highest BCUT2D eigenvalue weighted by Gasteiger charge is 2.45. The van der Waals surface area contributed by atoms with E-state index in [1.54, 1.807) is 0 Å². The Morgan fingerprint density at radius 1 is 1.38 bits per heavy atom. The van der Waals surface area contributed by atoms with Crippen LogP contribution in [0.4, 0.5) is 0 Å². The first-order valence-corrected chi connectivity index (χ1v) is 7.24. The summed E-state index contributed by atoms with van der Waals surface area (Å²) in [6, 6.07) is 0. The van der Waals surface area contributed by atoms with Gasteiger partial charge >= 0.3 is 11.9 Å². The van der Waals surface area contributed by atoms with Crippen molar-refractivity contribution < 1.29 is 19.1 Å². The van der Waals surface area contributed by atoms with E-state index in [1.807, 2.05) is 19.9 Å². The van der Waals surface area contributed by atoms with Gasteiger partial charge < -0.3 is 9.47 Å². The molecule has 0 aromatic rings. The molecule has 2 rings (SSSR count). The number of fused-ring (bicyclic) bond motifs is 1. The summed E-state index contributed by atoms with van der Waals surface area (Å²) >= 11 is 0. The van der Waals surface area contributed by atoms with Crippen LogP contribution in [0.25, 0.3) is 0 Å². The summed E-state index contributed by atoms with van der Waals surface area (Å²) in [5.74, 6) is -1.60. The molecule has 0 saturated carbocycles.